The van der Waals surface area contributed by atoms with E-state index in [4.69, 9.17) is 4.74 Å². The van der Waals surface area contributed by atoms with Crippen LogP contribution >= 0.6 is 0 Å². The zero-order valence-electron chi connectivity index (χ0n) is 14.4. The molecule has 24 heavy (non-hydrogen) atoms. The molecule has 0 bridgehead atoms. The molecule has 1 fully saturated rings. The van der Waals surface area contributed by atoms with Gasteiger partial charge in [-0.3, -0.25) is 14.2 Å². The Kier molecular flexibility index (Phi) is 4.88. The third-order valence-electron chi connectivity index (χ3n) is 4.77. The lowest BCUT2D eigenvalue weighted by Crippen LogP contribution is -2.37. The number of aromatic nitrogens is 1. The second-order valence-electron chi connectivity index (χ2n) is 6.40. The number of rotatable bonds is 3. The van der Waals surface area contributed by atoms with Crippen LogP contribution in [0.3, 0.4) is 0 Å². The van der Waals surface area contributed by atoms with Crippen LogP contribution in [0.15, 0.2) is 29.1 Å². The number of pyridine rings is 1. The van der Waals surface area contributed by atoms with Gasteiger partial charge in [-0.2, -0.15) is 0 Å². The van der Waals surface area contributed by atoms with Gasteiger partial charge < -0.3 is 9.64 Å². The van der Waals surface area contributed by atoms with Gasteiger partial charge in [-0.1, -0.05) is 25.0 Å². The van der Waals surface area contributed by atoms with Crippen LogP contribution < -0.4 is 10.3 Å². The molecule has 3 rings (SSSR count). The molecule has 2 heterocycles. The summed E-state index contributed by atoms with van der Waals surface area (Å²) in [7, 11) is 1.59. The van der Waals surface area contributed by atoms with Crippen LogP contribution in [0.5, 0.6) is 5.75 Å². The molecule has 0 unspecified atom stereocenters. The van der Waals surface area contributed by atoms with E-state index in [0.717, 1.165) is 36.9 Å². The van der Waals surface area contributed by atoms with Gasteiger partial charge >= 0.3 is 0 Å². The van der Waals surface area contributed by atoms with Crippen LogP contribution in [0.25, 0.3) is 10.9 Å². The fourth-order valence-electron chi connectivity index (χ4n) is 3.45. The number of carbonyl (C=O) groups excluding carboxylic acids is 1. The van der Waals surface area contributed by atoms with Crippen LogP contribution in [0.2, 0.25) is 0 Å². The van der Waals surface area contributed by atoms with Crippen molar-refractivity contribution in [3.63, 3.8) is 0 Å². The number of ether oxygens (including phenoxy) is 1. The highest BCUT2D eigenvalue weighted by atomic mass is 16.5. The van der Waals surface area contributed by atoms with Crippen molar-refractivity contribution in [2.24, 2.45) is 0 Å². The SMILES string of the molecule is COc1cccc2c(C)cc(=O)n(CC(=O)N3CCCCCC3)c12. The highest BCUT2D eigenvalue weighted by Gasteiger charge is 2.19. The molecule has 1 amide bonds. The first-order valence-electron chi connectivity index (χ1n) is 8.57. The summed E-state index contributed by atoms with van der Waals surface area (Å²) in [5, 5.41) is 0.942. The maximum atomic E-state index is 12.7. The van der Waals surface area contributed by atoms with Gasteiger partial charge in [-0.05, 0) is 31.4 Å². The predicted octanol–water partition coefficient (Wildman–Crippen LogP) is 2.72. The topological polar surface area (TPSA) is 51.5 Å². The normalized spacial score (nSPS) is 15.3. The molecule has 5 heteroatoms. The van der Waals surface area contributed by atoms with Crippen molar-refractivity contribution in [1.82, 2.24) is 9.47 Å². The van der Waals surface area contributed by atoms with Crippen LogP contribution in [-0.4, -0.2) is 35.6 Å². The average Bonchev–Trinajstić information content (AvgIpc) is 2.87. The fraction of sp³-hybridized carbons (Fsp3) is 0.474. The zero-order chi connectivity index (χ0) is 17.1. The number of benzene rings is 1. The van der Waals surface area contributed by atoms with Gasteiger partial charge in [0, 0.05) is 24.5 Å². The molecule has 0 N–H and O–H groups in total. The van der Waals surface area contributed by atoms with Gasteiger partial charge in [-0.25, -0.2) is 0 Å². The summed E-state index contributed by atoms with van der Waals surface area (Å²) in [5.74, 6) is 0.632. The maximum Gasteiger partial charge on any atom is 0.251 e. The van der Waals surface area contributed by atoms with Crippen molar-refractivity contribution in [2.75, 3.05) is 20.2 Å². The van der Waals surface area contributed by atoms with Crippen LogP contribution in [0, 0.1) is 6.92 Å². The monoisotopic (exact) mass is 328 g/mol. The first-order valence-corrected chi connectivity index (χ1v) is 8.57. The Hall–Kier alpha value is -2.30. The van der Waals surface area contributed by atoms with E-state index < -0.39 is 0 Å². The molecule has 0 spiro atoms. The molecule has 0 saturated carbocycles. The molecule has 1 aromatic carbocycles. The van der Waals surface area contributed by atoms with Gasteiger partial charge in [0.15, 0.2) is 0 Å². The summed E-state index contributed by atoms with van der Waals surface area (Å²) in [6.45, 7) is 3.54. The average molecular weight is 328 g/mol. The maximum absolute atomic E-state index is 12.7. The largest absolute Gasteiger partial charge is 0.495 e. The summed E-state index contributed by atoms with van der Waals surface area (Å²) in [6.07, 6.45) is 4.42. The van der Waals surface area contributed by atoms with E-state index in [1.54, 1.807) is 17.7 Å². The molecule has 1 aliphatic heterocycles. The smallest absolute Gasteiger partial charge is 0.251 e. The minimum Gasteiger partial charge on any atom is -0.495 e. The third kappa shape index (κ3) is 3.16. The van der Waals surface area contributed by atoms with Gasteiger partial charge in [-0.15, -0.1) is 0 Å². The quantitative estimate of drug-likeness (QED) is 0.870. The highest BCUT2D eigenvalue weighted by molar-refractivity contribution is 5.89. The molecule has 1 aliphatic rings. The molecule has 1 aromatic heterocycles. The molecule has 0 radical (unpaired) electrons. The summed E-state index contributed by atoms with van der Waals surface area (Å²) in [4.78, 5) is 27.2. The van der Waals surface area contributed by atoms with E-state index in [-0.39, 0.29) is 18.0 Å². The van der Waals surface area contributed by atoms with Crippen molar-refractivity contribution in [3.05, 3.63) is 40.2 Å². The van der Waals surface area contributed by atoms with Crippen LogP contribution in [0.4, 0.5) is 0 Å². The summed E-state index contributed by atoms with van der Waals surface area (Å²) in [5.41, 5.74) is 1.44. The number of methoxy groups -OCH3 is 1. The van der Waals surface area contributed by atoms with Crippen molar-refractivity contribution < 1.29 is 9.53 Å². The van der Waals surface area contributed by atoms with Gasteiger partial charge in [0.05, 0.1) is 12.6 Å². The molecule has 2 aromatic rings. The van der Waals surface area contributed by atoms with Crippen molar-refractivity contribution in [1.29, 1.82) is 0 Å². The number of aryl methyl sites for hydroxylation is 1. The van der Waals surface area contributed by atoms with Gasteiger partial charge in [0.25, 0.3) is 5.56 Å². The second kappa shape index (κ2) is 7.07. The minimum absolute atomic E-state index is 0.00931. The number of fused-ring (bicyclic) bond motifs is 1. The van der Waals surface area contributed by atoms with E-state index >= 15 is 0 Å². The second-order valence-corrected chi connectivity index (χ2v) is 6.40. The Morgan fingerprint density at radius 2 is 1.88 bits per heavy atom. The predicted molar refractivity (Wildman–Crippen MR) is 94.5 cm³/mol. The molecule has 0 atom stereocenters. The van der Waals surface area contributed by atoms with Crippen molar-refractivity contribution in [3.8, 4) is 5.75 Å². The van der Waals surface area contributed by atoms with E-state index in [1.807, 2.05) is 30.0 Å². The van der Waals surface area contributed by atoms with E-state index in [9.17, 15) is 9.59 Å². The van der Waals surface area contributed by atoms with E-state index in [1.165, 1.54) is 12.8 Å². The number of hydrogen-bond donors (Lipinski definition) is 0. The standard InChI is InChI=1S/C19H24N2O3/c1-14-12-17(22)21(19-15(14)8-7-9-16(19)24-2)13-18(23)20-10-5-3-4-6-11-20/h7-9,12H,3-6,10-11,13H2,1-2H3. The number of para-hydroxylation sites is 1. The lowest BCUT2D eigenvalue weighted by Gasteiger charge is -2.22. The van der Waals surface area contributed by atoms with Crippen molar-refractivity contribution >= 4 is 16.8 Å². The number of hydrogen-bond acceptors (Lipinski definition) is 3. The number of carbonyl (C=O) groups is 1. The first kappa shape index (κ1) is 16.6. The summed E-state index contributed by atoms with van der Waals surface area (Å²) >= 11 is 0. The fourth-order valence-corrected chi connectivity index (χ4v) is 3.45. The molecule has 128 valence electrons. The van der Waals surface area contributed by atoms with Gasteiger partial charge in [0.2, 0.25) is 5.91 Å². The minimum atomic E-state index is -0.160. The number of likely N-dealkylation sites (tertiary alicyclic amines) is 1. The summed E-state index contributed by atoms with van der Waals surface area (Å²) in [6, 6.07) is 7.28. The number of nitrogens with zero attached hydrogens (tertiary/aromatic N) is 2. The Morgan fingerprint density at radius 3 is 2.54 bits per heavy atom. The Morgan fingerprint density at radius 1 is 1.17 bits per heavy atom. The van der Waals surface area contributed by atoms with Gasteiger partial charge in [0.1, 0.15) is 12.3 Å². The molecular weight excluding hydrogens is 304 g/mol. The van der Waals surface area contributed by atoms with Crippen LogP contribution in [0.1, 0.15) is 31.2 Å². The first-order chi connectivity index (χ1) is 11.6. The highest BCUT2D eigenvalue weighted by Crippen LogP contribution is 2.26. The lowest BCUT2D eigenvalue weighted by atomic mass is 10.1. The molecular formula is C19H24N2O3. The molecule has 5 nitrogen and oxygen atoms in total. The van der Waals surface area contributed by atoms with E-state index in [2.05, 4.69) is 0 Å². The molecule has 0 aliphatic carbocycles. The summed E-state index contributed by atoms with van der Waals surface area (Å²) < 4.78 is 6.99. The molecule has 1 saturated heterocycles. The Balaban J connectivity index is 2.02. The Bertz CT molecular complexity index is 802. The number of amides is 1. The Labute approximate surface area is 141 Å². The third-order valence-corrected chi connectivity index (χ3v) is 4.77. The van der Waals surface area contributed by atoms with Crippen LogP contribution in [-0.2, 0) is 11.3 Å². The van der Waals surface area contributed by atoms with E-state index in [0.29, 0.717) is 11.3 Å². The van der Waals surface area contributed by atoms with Crippen molar-refractivity contribution in [2.45, 2.75) is 39.2 Å². The zero-order valence-corrected chi connectivity index (χ0v) is 14.4. The lowest BCUT2D eigenvalue weighted by molar-refractivity contribution is -0.131.